The van der Waals surface area contributed by atoms with Crippen LogP contribution in [0.25, 0.3) is 0 Å². The summed E-state index contributed by atoms with van der Waals surface area (Å²) in [7, 11) is 3.78. The predicted molar refractivity (Wildman–Crippen MR) is 58.8 cm³/mol. The van der Waals surface area contributed by atoms with Gasteiger partial charge in [0.25, 0.3) is 0 Å². The molecule has 1 aromatic heterocycles. The van der Waals surface area contributed by atoms with Crippen LogP contribution in [0.1, 0.15) is 12.5 Å². The first-order valence-electron chi connectivity index (χ1n) is 4.93. The van der Waals surface area contributed by atoms with Crippen molar-refractivity contribution in [3.63, 3.8) is 0 Å². The SMILES string of the molecule is CCN(C)c1ncccc1CCOC. The molecule has 0 atom stereocenters. The second kappa shape index (κ2) is 5.60. The van der Waals surface area contributed by atoms with E-state index < -0.39 is 0 Å². The summed E-state index contributed by atoms with van der Waals surface area (Å²) in [6, 6.07) is 4.07. The summed E-state index contributed by atoms with van der Waals surface area (Å²) < 4.78 is 5.07. The standard InChI is InChI=1S/C11H18N2O/c1-4-13(2)11-10(7-9-14-3)6-5-8-12-11/h5-6,8H,4,7,9H2,1-3H3. The zero-order chi connectivity index (χ0) is 10.4. The van der Waals surface area contributed by atoms with Gasteiger partial charge in [0.1, 0.15) is 5.82 Å². The molecule has 0 saturated carbocycles. The molecule has 0 amide bonds. The fraction of sp³-hybridized carbons (Fsp3) is 0.545. The Kier molecular flexibility index (Phi) is 4.40. The lowest BCUT2D eigenvalue weighted by molar-refractivity contribution is 0.202. The van der Waals surface area contributed by atoms with Crippen molar-refractivity contribution < 1.29 is 4.74 Å². The molecule has 0 spiro atoms. The third-order valence-corrected chi connectivity index (χ3v) is 2.28. The van der Waals surface area contributed by atoms with Crippen molar-refractivity contribution in [2.45, 2.75) is 13.3 Å². The second-order valence-electron chi connectivity index (χ2n) is 3.24. The summed E-state index contributed by atoms with van der Waals surface area (Å²) in [6.07, 6.45) is 2.75. The van der Waals surface area contributed by atoms with Gasteiger partial charge in [-0.3, -0.25) is 0 Å². The lowest BCUT2D eigenvalue weighted by Gasteiger charge is -2.18. The predicted octanol–water partition coefficient (Wildman–Crippen LogP) is 1.73. The molecule has 0 aliphatic carbocycles. The maximum absolute atomic E-state index is 5.07. The van der Waals surface area contributed by atoms with Gasteiger partial charge in [-0.05, 0) is 25.0 Å². The van der Waals surface area contributed by atoms with Crippen molar-refractivity contribution in [3.05, 3.63) is 23.9 Å². The first-order chi connectivity index (χ1) is 6.79. The quantitative estimate of drug-likeness (QED) is 0.713. The minimum Gasteiger partial charge on any atom is -0.384 e. The van der Waals surface area contributed by atoms with Crippen molar-refractivity contribution in [3.8, 4) is 0 Å². The smallest absolute Gasteiger partial charge is 0.131 e. The first-order valence-corrected chi connectivity index (χ1v) is 4.93. The van der Waals surface area contributed by atoms with Gasteiger partial charge in [-0.1, -0.05) is 6.07 Å². The molecule has 1 heterocycles. The first kappa shape index (κ1) is 11.0. The topological polar surface area (TPSA) is 25.4 Å². The van der Waals surface area contributed by atoms with Crippen LogP contribution in [0.5, 0.6) is 0 Å². The molecular formula is C11H18N2O. The molecule has 0 bridgehead atoms. The molecule has 0 aromatic carbocycles. The molecule has 14 heavy (non-hydrogen) atoms. The van der Waals surface area contributed by atoms with Crippen LogP contribution in [-0.2, 0) is 11.2 Å². The Bertz CT molecular complexity index is 276. The Morgan fingerprint density at radius 1 is 1.50 bits per heavy atom. The van der Waals surface area contributed by atoms with Crippen molar-refractivity contribution in [1.29, 1.82) is 0 Å². The van der Waals surface area contributed by atoms with Crippen molar-refractivity contribution >= 4 is 5.82 Å². The van der Waals surface area contributed by atoms with Gasteiger partial charge in [-0.15, -0.1) is 0 Å². The van der Waals surface area contributed by atoms with Crippen LogP contribution in [0.15, 0.2) is 18.3 Å². The molecule has 0 aliphatic heterocycles. The number of methoxy groups -OCH3 is 1. The fourth-order valence-electron chi connectivity index (χ4n) is 1.33. The molecule has 3 nitrogen and oxygen atoms in total. The van der Waals surface area contributed by atoms with Gasteiger partial charge in [-0.2, -0.15) is 0 Å². The molecule has 0 N–H and O–H groups in total. The number of anilines is 1. The number of nitrogens with zero attached hydrogens (tertiary/aromatic N) is 2. The number of rotatable bonds is 5. The third-order valence-electron chi connectivity index (χ3n) is 2.28. The zero-order valence-electron chi connectivity index (χ0n) is 9.16. The average molecular weight is 194 g/mol. The molecule has 0 aliphatic rings. The van der Waals surface area contributed by atoms with Gasteiger partial charge in [0.2, 0.25) is 0 Å². The summed E-state index contributed by atoms with van der Waals surface area (Å²) in [5, 5.41) is 0. The van der Waals surface area contributed by atoms with Crippen LogP contribution in [0.3, 0.4) is 0 Å². The number of ether oxygens (including phenoxy) is 1. The van der Waals surface area contributed by atoms with Gasteiger partial charge in [0.05, 0.1) is 6.61 Å². The van der Waals surface area contributed by atoms with Crippen molar-refractivity contribution in [1.82, 2.24) is 4.98 Å². The summed E-state index contributed by atoms with van der Waals surface area (Å²) in [6.45, 7) is 3.84. The molecule has 78 valence electrons. The largest absolute Gasteiger partial charge is 0.384 e. The maximum Gasteiger partial charge on any atom is 0.131 e. The van der Waals surface area contributed by atoms with Crippen LogP contribution >= 0.6 is 0 Å². The van der Waals surface area contributed by atoms with Gasteiger partial charge in [-0.25, -0.2) is 4.98 Å². The Morgan fingerprint density at radius 3 is 2.93 bits per heavy atom. The molecule has 0 fully saturated rings. The fourth-order valence-corrected chi connectivity index (χ4v) is 1.33. The Balaban J connectivity index is 2.79. The molecule has 3 heteroatoms. The summed E-state index contributed by atoms with van der Waals surface area (Å²) in [4.78, 5) is 6.52. The van der Waals surface area contributed by atoms with E-state index in [4.69, 9.17) is 4.74 Å². The molecular weight excluding hydrogens is 176 g/mol. The lowest BCUT2D eigenvalue weighted by atomic mass is 10.2. The van der Waals surface area contributed by atoms with Crippen molar-refractivity contribution in [2.75, 3.05) is 32.2 Å². The number of aromatic nitrogens is 1. The highest BCUT2D eigenvalue weighted by Gasteiger charge is 2.05. The Labute approximate surface area is 85.7 Å². The number of hydrogen-bond donors (Lipinski definition) is 0. The summed E-state index contributed by atoms with van der Waals surface area (Å²) in [5.41, 5.74) is 1.25. The van der Waals surface area contributed by atoms with E-state index >= 15 is 0 Å². The van der Waals surface area contributed by atoms with Crippen LogP contribution in [-0.4, -0.2) is 32.3 Å². The van der Waals surface area contributed by atoms with Crippen LogP contribution in [0.4, 0.5) is 5.82 Å². The van der Waals surface area contributed by atoms with E-state index in [1.54, 1.807) is 7.11 Å². The molecule has 1 aromatic rings. The van der Waals surface area contributed by atoms with Gasteiger partial charge >= 0.3 is 0 Å². The van der Waals surface area contributed by atoms with Crippen LogP contribution in [0.2, 0.25) is 0 Å². The van der Waals surface area contributed by atoms with Crippen LogP contribution < -0.4 is 4.90 Å². The average Bonchev–Trinajstić information content (AvgIpc) is 2.25. The lowest BCUT2D eigenvalue weighted by Crippen LogP contribution is -2.19. The van der Waals surface area contributed by atoms with Gasteiger partial charge in [0, 0.05) is 26.9 Å². The Hall–Kier alpha value is -1.09. The molecule has 1 rings (SSSR count). The zero-order valence-corrected chi connectivity index (χ0v) is 9.16. The van der Waals surface area contributed by atoms with E-state index in [0.717, 1.165) is 25.4 Å². The van der Waals surface area contributed by atoms with Gasteiger partial charge < -0.3 is 9.64 Å². The van der Waals surface area contributed by atoms with Gasteiger partial charge in [0.15, 0.2) is 0 Å². The second-order valence-corrected chi connectivity index (χ2v) is 3.24. The highest BCUT2D eigenvalue weighted by molar-refractivity contribution is 5.45. The highest BCUT2D eigenvalue weighted by atomic mass is 16.5. The molecule has 0 radical (unpaired) electrons. The van der Waals surface area contributed by atoms with Crippen molar-refractivity contribution in [2.24, 2.45) is 0 Å². The molecule has 0 unspecified atom stereocenters. The summed E-state index contributed by atoms with van der Waals surface area (Å²) in [5.74, 6) is 1.06. The van der Waals surface area contributed by atoms with E-state index in [1.807, 2.05) is 12.3 Å². The third kappa shape index (κ3) is 2.70. The van der Waals surface area contributed by atoms with Crippen LogP contribution in [0, 0.1) is 0 Å². The van der Waals surface area contributed by atoms with E-state index in [9.17, 15) is 0 Å². The normalized spacial score (nSPS) is 10.2. The minimum absolute atomic E-state index is 0.746. The maximum atomic E-state index is 5.07. The van der Waals surface area contributed by atoms with E-state index in [-0.39, 0.29) is 0 Å². The van der Waals surface area contributed by atoms with E-state index in [1.165, 1.54) is 5.56 Å². The minimum atomic E-state index is 0.746. The van der Waals surface area contributed by atoms with E-state index in [2.05, 4.69) is 29.9 Å². The number of hydrogen-bond acceptors (Lipinski definition) is 3. The summed E-state index contributed by atoms with van der Waals surface area (Å²) >= 11 is 0. The van der Waals surface area contributed by atoms with E-state index in [0.29, 0.717) is 0 Å². The monoisotopic (exact) mass is 194 g/mol. The Morgan fingerprint density at radius 2 is 2.29 bits per heavy atom. The highest BCUT2D eigenvalue weighted by Crippen LogP contribution is 2.15. The number of pyridine rings is 1. The molecule has 0 saturated heterocycles.